The molecule has 2 nitrogen and oxygen atoms in total. The van der Waals surface area contributed by atoms with Crippen molar-refractivity contribution in [1.29, 1.82) is 0 Å². The van der Waals surface area contributed by atoms with E-state index in [1.165, 1.54) is 24.0 Å². The Hall–Kier alpha value is -1.70. The fourth-order valence-corrected chi connectivity index (χ4v) is 2.05. The van der Waals surface area contributed by atoms with Gasteiger partial charge in [-0.1, -0.05) is 44.5 Å². The summed E-state index contributed by atoms with van der Waals surface area (Å²) in [6.45, 7) is 4.51. The summed E-state index contributed by atoms with van der Waals surface area (Å²) < 4.78 is 0. The van der Waals surface area contributed by atoms with Crippen molar-refractivity contribution in [1.82, 2.24) is 9.97 Å². The smallest absolute Gasteiger partial charge is 0.115 e. The van der Waals surface area contributed by atoms with Crippen LogP contribution in [0.15, 0.2) is 43.0 Å². The van der Waals surface area contributed by atoms with Gasteiger partial charge >= 0.3 is 0 Å². The molecule has 88 valence electrons. The monoisotopic (exact) mass is 226 g/mol. The first-order valence-corrected chi connectivity index (χ1v) is 6.16. The second-order valence-electron chi connectivity index (χ2n) is 4.44. The van der Waals surface area contributed by atoms with Crippen molar-refractivity contribution in [2.75, 3.05) is 0 Å². The average molecular weight is 226 g/mol. The lowest BCUT2D eigenvalue weighted by atomic mass is 9.95. The van der Waals surface area contributed by atoms with E-state index in [1.807, 2.05) is 12.4 Å². The van der Waals surface area contributed by atoms with E-state index >= 15 is 0 Å². The normalized spacial score (nSPS) is 12.4. The first kappa shape index (κ1) is 11.8. The third-order valence-electron chi connectivity index (χ3n) is 3.10. The average Bonchev–Trinajstić information content (AvgIpc) is 2.40. The van der Waals surface area contributed by atoms with Gasteiger partial charge in [-0.2, -0.15) is 0 Å². The maximum Gasteiger partial charge on any atom is 0.115 e. The van der Waals surface area contributed by atoms with E-state index in [4.69, 9.17) is 0 Å². The Balaban J connectivity index is 2.19. The highest BCUT2D eigenvalue weighted by Gasteiger charge is 2.04. The van der Waals surface area contributed by atoms with Crippen LogP contribution in [0.25, 0.3) is 11.1 Å². The summed E-state index contributed by atoms with van der Waals surface area (Å²) in [7, 11) is 0. The lowest BCUT2D eigenvalue weighted by molar-refractivity contribution is 0.665. The minimum Gasteiger partial charge on any atom is -0.244 e. The Labute approximate surface area is 103 Å². The lowest BCUT2D eigenvalue weighted by Gasteiger charge is -2.11. The molecule has 0 aliphatic rings. The lowest BCUT2D eigenvalue weighted by Crippen LogP contribution is -1.92. The van der Waals surface area contributed by atoms with Gasteiger partial charge in [0.2, 0.25) is 0 Å². The third kappa shape index (κ3) is 2.90. The maximum atomic E-state index is 4.04. The van der Waals surface area contributed by atoms with Crippen LogP contribution in [-0.2, 0) is 0 Å². The molecule has 1 atom stereocenters. The zero-order valence-electron chi connectivity index (χ0n) is 10.4. The first-order chi connectivity index (χ1) is 8.31. The van der Waals surface area contributed by atoms with E-state index in [0.717, 1.165) is 5.56 Å². The van der Waals surface area contributed by atoms with Crippen LogP contribution in [0.5, 0.6) is 0 Å². The highest BCUT2D eigenvalue weighted by molar-refractivity contribution is 5.61. The van der Waals surface area contributed by atoms with Crippen LogP contribution in [0.1, 0.15) is 38.2 Å². The third-order valence-corrected chi connectivity index (χ3v) is 3.10. The van der Waals surface area contributed by atoms with Crippen molar-refractivity contribution in [3.8, 4) is 11.1 Å². The van der Waals surface area contributed by atoms with Gasteiger partial charge in [0.1, 0.15) is 6.33 Å². The highest BCUT2D eigenvalue weighted by Crippen LogP contribution is 2.24. The van der Waals surface area contributed by atoms with Gasteiger partial charge in [-0.15, -0.1) is 0 Å². The van der Waals surface area contributed by atoms with Gasteiger partial charge in [-0.25, -0.2) is 9.97 Å². The molecule has 0 N–H and O–H groups in total. The molecular weight excluding hydrogens is 208 g/mol. The molecule has 2 heteroatoms. The highest BCUT2D eigenvalue weighted by atomic mass is 14.8. The van der Waals surface area contributed by atoms with Gasteiger partial charge in [0, 0.05) is 18.0 Å². The Morgan fingerprint density at radius 3 is 2.24 bits per heavy atom. The Morgan fingerprint density at radius 2 is 1.65 bits per heavy atom. The molecule has 0 saturated carbocycles. The summed E-state index contributed by atoms with van der Waals surface area (Å²) in [5, 5.41) is 0. The van der Waals surface area contributed by atoms with E-state index in [1.54, 1.807) is 6.33 Å². The Morgan fingerprint density at radius 1 is 1.00 bits per heavy atom. The molecule has 2 aromatic rings. The topological polar surface area (TPSA) is 25.8 Å². The van der Waals surface area contributed by atoms with Crippen LogP contribution in [-0.4, -0.2) is 9.97 Å². The number of hydrogen-bond acceptors (Lipinski definition) is 2. The van der Waals surface area contributed by atoms with Gasteiger partial charge < -0.3 is 0 Å². The van der Waals surface area contributed by atoms with Crippen LogP contribution in [0.4, 0.5) is 0 Å². The van der Waals surface area contributed by atoms with Crippen molar-refractivity contribution in [3.05, 3.63) is 48.5 Å². The van der Waals surface area contributed by atoms with E-state index in [9.17, 15) is 0 Å². The quantitative estimate of drug-likeness (QED) is 0.786. The minimum atomic E-state index is 0.640. The summed E-state index contributed by atoms with van der Waals surface area (Å²) in [4.78, 5) is 8.07. The van der Waals surface area contributed by atoms with Crippen LogP contribution in [0.2, 0.25) is 0 Å². The fourth-order valence-electron chi connectivity index (χ4n) is 2.05. The van der Waals surface area contributed by atoms with Crippen LogP contribution < -0.4 is 0 Å². The summed E-state index contributed by atoms with van der Waals surface area (Å²) >= 11 is 0. The Kier molecular flexibility index (Phi) is 3.86. The number of aromatic nitrogens is 2. The molecule has 0 fully saturated rings. The van der Waals surface area contributed by atoms with Gasteiger partial charge in [-0.3, -0.25) is 0 Å². The zero-order chi connectivity index (χ0) is 12.1. The van der Waals surface area contributed by atoms with E-state index in [0.29, 0.717) is 5.92 Å². The van der Waals surface area contributed by atoms with Gasteiger partial charge in [0.25, 0.3) is 0 Å². The van der Waals surface area contributed by atoms with Crippen LogP contribution >= 0.6 is 0 Å². The molecule has 0 saturated heterocycles. The molecule has 17 heavy (non-hydrogen) atoms. The molecular formula is C15H18N2. The standard InChI is InChI=1S/C15H18N2/c1-3-4-12(2)13-5-7-14(8-6-13)15-9-16-11-17-10-15/h5-12H,3-4H2,1-2H3. The molecule has 0 amide bonds. The van der Waals surface area contributed by atoms with Crippen molar-refractivity contribution in [2.45, 2.75) is 32.6 Å². The second-order valence-corrected chi connectivity index (χ2v) is 4.44. The zero-order valence-corrected chi connectivity index (χ0v) is 10.4. The fraction of sp³-hybridized carbons (Fsp3) is 0.333. The second kappa shape index (κ2) is 5.58. The molecule has 1 heterocycles. The molecule has 1 aromatic heterocycles. The van der Waals surface area contributed by atoms with Gasteiger partial charge in [0.05, 0.1) is 0 Å². The van der Waals surface area contributed by atoms with Crippen LogP contribution in [0, 0.1) is 0 Å². The van der Waals surface area contributed by atoms with Gasteiger partial charge in [-0.05, 0) is 23.5 Å². The molecule has 2 rings (SSSR count). The number of rotatable bonds is 4. The van der Waals surface area contributed by atoms with Crippen LogP contribution in [0.3, 0.4) is 0 Å². The van der Waals surface area contributed by atoms with E-state index < -0.39 is 0 Å². The summed E-state index contributed by atoms with van der Waals surface area (Å²) in [6, 6.07) is 8.73. The molecule has 0 aliphatic carbocycles. The summed E-state index contributed by atoms with van der Waals surface area (Å²) in [5.74, 6) is 0.640. The molecule has 0 radical (unpaired) electrons. The maximum absolute atomic E-state index is 4.04. The van der Waals surface area contributed by atoms with Gasteiger partial charge in [0.15, 0.2) is 0 Å². The molecule has 1 unspecified atom stereocenters. The number of hydrogen-bond donors (Lipinski definition) is 0. The minimum absolute atomic E-state index is 0.640. The van der Waals surface area contributed by atoms with E-state index in [2.05, 4.69) is 48.1 Å². The molecule has 0 aliphatic heterocycles. The Bertz CT molecular complexity index is 448. The molecule has 1 aromatic carbocycles. The van der Waals surface area contributed by atoms with Crippen molar-refractivity contribution in [2.24, 2.45) is 0 Å². The van der Waals surface area contributed by atoms with E-state index in [-0.39, 0.29) is 0 Å². The molecule has 0 spiro atoms. The SMILES string of the molecule is CCCC(C)c1ccc(-c2cncnc2)cc1. The summed E-state index contributed by atoms with van der Waals surface area (Å²) in [6.07, 6.45) is 7.72. The number of nitrogens with zero attached hydrogens (tertiary/aromatic N) is 2. The number of benzene rings is 1. The van der Waals surface area contributed by atoms with Crippen molar-refractivity contribution in [3.63, 3.8) is 0 Å². The predicted octanol–water partition coefficient (Wildman–Crippen LogP) is 4.05. The van der Waals surface area contributed by atoms with Crippen molar-refractivity contribution < 1.29 is 0 Å². The molecule has 0 bridgehead atoms. The largest absolute Gasteiger partial charge is 0.244 e. The van der Waals surface area contributed by atoms with Crippen molar-refractivity contribution >= 4 is 0 Å². The first-order valence-electron chi connectivity index (χ1n) is 6.16. The predicted molar refractivity (Wildman–Crippen MR) is 70.8 cm³/mol. The summed E-state index contributed by atoms with van der Waals surface area (Å²) in [5.41, 5.74) is 3.66.